The molecule has 0 aliphatic rings. The maximum Gasteiger partial charge on any atom is 0.175 e. The predicted octanol–water partition coefficient (Wildman–Crippen LogP) is 10.0. The van der Waals surface area contributed by atoms with Crippen molar-refractivity contribution < 1.29 is 8.78 Å². The van der Waals surface area contributed by atoms with Gasteiger partial charge in [0.05, 0.1) is 16.2 Å². The molecule has 6 rings (SSSR count). The second-order valence-corrected chi connectivity index (χ2v) is 10.1. The summed E-state index contributed by atoms with van der Waals surface area (Å²) in [6.45, 7) is 0. The summed E-state index contributed by atoms with van der Waals surface area (Å²) < 4.78 is 37.2. The third-order valence-corrected chi connectivity index (χ3v) is 7.67. The molecule has 5 aromatic carbocycles. The first kappa shape index (κ1) is 25.1. The number of rotatable bonds is 6. The van der Waals surface area contributed by atoms with E-state index in [4.69, 9.17) is 0 Å². The minimum Gasteiger partial charge on any atom is -0.311 e. The predicted molar refractivity (Wildman–Crippen MR) is 161 cm³/mol. The third kappa shape index (κ3) is 4.99. The molecular weight excluding hydrogens is 576 g/mol. The molecule has 7 heteroatoms. The molecule has 0 radical (unpaired) electrons. The molecule has 0 N–H and O–H groups in total. The van der Waals surface area contributed by atoms with E-state index >= 15 is 0 Å². The van der Waals surface area contributed by atoms with Crippen LogP contribution in [0.3, 0.4) is 0 Å². The monoisotopic (exact) mass is 595 g/mol. The van der Waals surface area contributed by atoms with E-state index in [1.54, 1.807) is 12.2 Å². The van der Waals surface area contributed by atoms with Gasteiger partial charge in [0.1, 0.15) is 11.0 Å². The van der Waals surface area contributed by atoms with Crippen LogP contribution in [0, 0.1) is 11.6 Å². The van der Waals surface area contributed by atoms with Gasteiger partial charge in [-0.2, -0.15) is 8.75 Å². The first-order valence-electron chi connectivity index (χ1n) is 12.2. The molecule has 0 bridgehead atoms. The third-order valence-electron chi connectivity index (χ3n) is 6.41. The fourth-order valence-corrected chi connectivity index (χ4v) is 5.59. The van der Waals surface area contributed by atoms with Crippen molar-refractivity contribution in [2.75, 3.05) is 4.90 Å². The highest BCUT2D eigenvalue weighted by Crippen LogP contribution is 2.36. The summed E-state index contributed by atoms with van der Waals surface area (Å²) in [6, 6.07) is 36.9. The Morgan fingerprint density at radius 1 is 0.590 bits per heavy atom. The molecule has 0 aliphatic heterocycles. The van der Waals surface area contributed by atoms with Crippen LogP contribution in [0.1, 0.15) is 11.1 Å². The van der Waals surface area contributed by atoms with Gasteiger partial charge in [0.15, 0.2) is 11.6 Å². The second kappa shape index (κ2) is 10.9. The highest BCUT2D eigenvalue weighted by Gasteiger charge is 2.20. The second-order valence-electron chi connectivity index (χ2n) is 8.83. The molecule has 1 heterocycles. The number of aromatic nitrogens is 2. The van der Waals surface area contributed by atoms with Crippen LogP contribution < -0.4 is 4.90 Å². The Balaban J connectivity index is 1.26. The van der Waals surface area contributed by atoms with E-state index in [1.807, 2.05) is 60.7 Å². The largest absolute Gasteiger partial charge is 0.311 e. The van der Waals surface area contributed by atoms with Crippen molar-refractivity contribution >= 4 is 67.9 Å². The number of halogens is 3. The average molecular weight is 597 g/mol. The molecule has 0 atom stereocenters. The molecule has 6 aromatic rings. The molecule has 190 valence electrons. The summed E-state index contributed by atoms with van der Waals surface area (Å²) in [5.41, 5.74) is 6.94. The average Bonchev–Trinajstić information content (AvgIpc) is 3.48. The zero-order valence-corrected chi connectivity index (χ0v) is 22.8. The van der Waals surface area contributed by atoms with Gasteiger partial charge in [-0.15, -0.1) is 0 Å². The topological polar surface area (TPSA) is 29.0 Å². The summed E-state index contributed by atoms with van der Waals surface area (Å²) in [7, 11) is 0. The van der Waals surface area contributed by atoms with E-state index in [-0.39, 0.29) is 10.0 Å². The van der Waals surface area contributed by atoms with Gasteiger partial charge in [-0.1, -0.05) is 78.9 Å². The molecule has 0 aliphatic carbocycles. The van der Waals surface area contributed by atoms with Crippen LogP contribution in [0.25, 0.3) is 34.3 Å². The van der Waals surface area contributed by atoms with Crippen molar-refractivity contribution in [1.82, 2.24) is 8.75 Å². The van der Waals surface area contributed by atoms with Gasteiger partial charge in [-0.3, -0.25) is 0 Å². The zero-order chi connectivity index (χ0) is 26.8. The van der Waals surface area contributed by atoms with Crippen molar-refractivity contribution in [3.63, 3.8) is 0 Å². The summed E-state index contributed by atoms with van der Waals surface area (Å²) in [4.78, 5) is 2.22. The number of benzene rings is 5. The summed E-state index contributed by atoms with van der Waals surface area (Å²) in [5.74, 6) is -1.91. The molecule has 39 heavy (non-hydrogen) atoms. The van der Waals surface area contributed by atoms with E-state index in [9.17, 15) is 8.78 Å². The number of hydrogen-bond acceptors (Lipinski definition) is 4. The molecule has 3 nitrogen and oxygen atoms in total. The highest BCUT2D eigenvalue weighted by molar-refractivity contribution is 9.10. The molecule has 0 amide bonds. The van der Waals surface area contributed by atoms with Crippen molar-refractivity contribution in [2.24, 2.45) is 0 Å². The first-order valence-corrected chi connectivity index (χ1v) is 13.7. The lowest BCUT2D eigenvalue weighted by Crippen LogP contribution is -2.09. The minimum atomic E-state index is -0.966. The standard InChI is InChI=1S/C32H20BrF2N3S/c33-28-30(35)29(34)27(31-32(28)37-39-36-31)20-13-21-11-14-22(15-12-21)23-16-18-26(19-17-23)38(24-7-3-1-4-8-24)25-9-5-2-6-10-25/h1-20H/b20-13+. The van der Waals surface area contributed by atoms with Gasteiger partial charge in [-0.05, 0) is 75.1 Å². The molecular formula is C32H20BrF2N3S. The van der Waals surface area contributed by atoms with Crippen LogP contribution in [-0.2, 0) is 0 Å². The van der Waals surface area contributed by atoms with E-state index in [1.165, 1.54) is 0 Å². The zero-order valence-electron chi connectivity index (χ0n) is 20.4. The molecule has 0 spiro atoms. The highest BCUT2D eigenvalue weighted by atomic mass is 79.9. The Hall–Kier alpha value is -4.20. The van der Waals surface area contributed by atoms with E-state index in [2.05, 4.69) is 78.1 Å². The lowest BCUT2D eigenvalue weighted by atomic mass is 10.0. The van der Waals surface area contributed by atoms with Crippen molar-refractivity contribution in [3.8, 4) is 11.1 Å². The molecule has 0 fully saturated rings. The smallest absolute Gasteiger partial charge is 0.175 e. The molecule has 0 saturated heterocycles. The number of hydrogen-bond donors (Lipinski definition) is 0. The normalized spacial score (nSPS) is 11.4. The Morgan fingerprint density at radius 3 is 1.69 bits per heavy atom. The van der Waals surface area contributed by atoms with E-state index < -0.39 is 11.6 Å². The molecule has 0 saturated carbocycles. The maximum atomic E-state index is 14.6. The summed E-state index contributed by atoms with van der Waals surface area (Å²) >= 11 is 3.99. The lowest BCUT2D eigenvalue weighted by molar-refractivity contribution is 0.505. The molecule has 0 unspecified atom stereocenters. The number of nitrogens with zero attached hydrogens (tertiary/aromatic N) is 3. The maximum absolute atomic E-state index is 14.6. The van der Waals surface area contributed by atoms with Gasteiger partial charge >= 0.3 is 0 Å². The van der Waals surface area contributed by atoms with Crippen LogP contribution in [0.4, 0.5) is 25.8 Å². The van der Waals surface area contributed by atoms with Crippen LogP contribution in [0.5, 0.6) is 0 Å². The Kier molecular flexibility index (Phi) is 7.00. The van der Waals surface area contributed by atoms with Gasteiger partial charge in [-0.25, -0.2) is 8.78 Å². The van der Waals surface area contributed by atoms with Crippen LogP contribution in [-0.4, -0.2) is 8.75 Å². The van der Waals surface area contributed by atoms with Crippen LogP contribution in [0.2, 0.25) is 0 Å². The van der Waals surface area contributed by atoms with Crippen LogP contribution >= 0.6 is 27.7 Å². The van der Waals surface area contributed by atoms with Gasteiger partial charge in [0.25, 0.3) is 0 Å². The van der Waals surface area contributed by atoms with Crippen molar-refractivity contribution in [1.29, 1.82) is 0 Å². The number of fused-ring (bicyclic) bond motifs is 1. The van der Waals surface area contributed by atoms with Crippen molar-refractivity contribution in [3.05, 3.63) is 136 Å². The first-order chi connectivity index (χ1) is 19.1. The lowest BCUT2D eigenvalue weighted by Gasteiger charge is -2.25. The SMILES string of the molecule is Fc1c(F)c(/C=C/c2ccc(-c3ccc(N(c4ccccc4)c4ccccc4)cc3)cc2)c2nsnc2c1Br. The van der Waals surface area contributed by atoms with E-state index in [0.29, 0.717) is 11.0 Å². The quantitative estimate of drug-likeness (QED) is 0.142. The van der Waals surface area contributed by atoms with Gasteiger partial charge in [0, 0.05) is 22.6 Å². The number of para-hydroxylation sites is 2. The fourth-order valence-electron chi connectivity index (χ4n) is 4.45. The Morgan fingerprint density at radius 2 is 1.10 bits per heavy atom. The van der Waals surface area contributed by atoms with Gasteiger partial charge in [0.2, 0.25) is 0 Å². The van der Waals surface area contributed by atoms with Gasteiger partial charge < -0.3 is 4.90 Å². The summed E-state index contributed by atoms with van der Waals surface area (Å²) in [5, 5.41) is 0. The number of anilines is 3. The minimum absolute atomic E-state index is 0.00747. The molecule has 1 aromatic heterocycles. The Labute approximate surface area is 237 Å². The Bertz CT molecular complexity index is 1730. The van der Waals surface area contributed by atoms with Crippen molar-refractivity contribution in [2.45, 2.75) is 0 Å². The van der Waals surface area contributed by atoms with Crippen LogP contribution in [0.15, 0.2) is 114 Å². The summed E-state index contributed by atoms with van der Waals surface area (Å²) in [6.07, 6.45) is 3.29. The fraction of sp³-hybridized carbons (Fsp3) is 0. The van der Waals surface area contributed by atoms with E-state index in [0.717, 1.165) is 45.5 Å².